The standard InChI is InChI=1S/C28H36O11S/c1-31-16-36-23-8-20(9-24(13-23)37-17-32-2)6-7-22(29)12-27(40-15-28(30)35-5)21-10-25(38-18-33-3)14-26(11-21)39-19-34-4/h6-11,13-14,27H,12,15-19H2,1-5H3/b7-6+. The number of hydrogen-bond acceptors (Lipinski definition) is 12. The van der Waals surface area contributed by atoms with Gasteiger partial charge in [-0.05, 0) is 41.5 Å². The van der Waals surface area contributed by atoms with E-state index in [1.807, 2.05) is 0 Å². The van der Waals surface area contributed by atoms with Gasteiger partial charge in [-0.15, -0.1) is 11.8 Å². The maximum Gasteiger partial charge on any atom is 0.315 e. The molecule has 0 spiro atoms. The Hall–Kier alpha value is -3.29. The molecule has 220 valence electrons. The minimum absolute atomic E-state index is 0.0258. The van der Waals surface area contributed by atoms with E-state index in [1.165, 1.54) is 53.4 Å². The molecule has 0 aliphatic rings. The van der Waals surface area contributed by atoms with Gasteiger partial charge in [0.25, 0.3) is 0 Å². The fourth-order valence-corrected chi connectivity index (χ4v) is 4.32. The Morgan fingerprint density at radius 3 is 1.57 bits per heavy atom. The molecular weight excluding hydrogens is 544 g/mol. The van der Waals surface area contributed by atoms with Crippen LogP contribution in [0.5, 0.6) is 23.0 Å². The van der Waals surface area contributed by atoms with E-state index in [2.05, 4.69) is 0 Å². The molecule has 0 radical (unpaired) electrons. The summed E-state index contributed by atoms with van der Waals surface area (Å²) in [6, 6.07) is 10.4. The van der Waals surface area contributed by atoms with Crippen LogP contribution in [-0.4, -0.2) is 80.2 Å². The molecule has 0 heterocycles. The summed E-state index contributed by atoms with van der Waals surface area (Å²) in [7, 11) is 7.38. The Labute approximate surface area is 238 Å². The number of thioether (sulfide) groups is 1. The summed E-state index contributed by atoms with van der Waals surface area (Å²) in [5, 5.41) is -0.413. The van der Waals surface area contributed by atoms with E-state index in [0.29, 0.717) is 28.6 Å². The molecule has 0 saturated carbocycles. The highest BCUT2D eigenvalue weighted by molar-refractivity contribution is 8.00. The van der Waals surface area contributed by atoms with Crippen LogP contribution in [0.3, 0.4) is 0 Å². The zero-order chi connectivity index (χ0) is 29.2. The van der Waals surface area contributed by atoms with Crippen molar-refractivity contribution in [2.75, 3.05) is 68.5 Å². The molecule has 40 heavy (non-hydrogen) atoms. The van der Waals surface area contributed by atoms with E-state index in [0.717, 1.165) is 5.56 Å². The molecule has 2 aromatic rings. The summed E-state index contributed by atoms with van der Waals surface area (Å²) in [4.78, 5) is 25.0. The number of ketones is 1. The molecule has 0 N–H and O–H groups in total. The molecule has 12 heteroatoms. The van der Waals surface area contributed by atoms with Crippen LogP contribution in [0, 0.1) is 0 Å². The summed E-state index contributed by atoms with van der Waals surface area (Å²) in [5.74, 6) is 1.44. The normalized spacial score (nSPS) is 11.7. The number of carbonyl (C=O) groups is 2. The van der Waals surface area contributed by atoms with Gasteiger partial charge < -0.3 is 42.6 Å². The Morgan fingerprint density at radius 2 is 1.15 bits per heavy atom. The molecule has 0 saturated heterocycles. The molecule has 1 unspecified atom stereocenters. The smallest absolute Gasteiger partial charge is 0.315 e. The van der Waals surface area contributed by atoms with Crippen LogP contribution >= 0.6 is 11.8 Å². The number of esters is 1. The van der Waals surface area contributed by atoms with Crippen LogP contribution in [-0.2, 0) is 33.3 Å². The summed E-state index contributed by atoms with van der Waals surface area (Å²) >= 11 is 1.27. The zero-order valence-corrected chi connectivity index (χ0v) is 24.2. The van der Waals surface area contributed by atoms with E-state index in [9.17, 15) is 9.59 Å². The SMILES string of the molecule is COCOc1cc(/C=C/C(=O)CC(SCC(=O)OC)c2cc(OCOC)cc(OCOC)c2)cc(OCOC)c1. The summed E-state index contributed by atoms with van der Waals surface area (Å²) in [6.45, 7) is 0.159. The summed E-state index contributed by atoms with van der Waals surface area (Å²) < 4.78 is 47.1. The first-order chi connectivity index (χ1) is 19.4. The molecule has 0 aliphatic carbocycles. The third kappa shape index (κ3) is 12.3. The van der Waals surface area contributed by atoms with Gasteiger partial charge in [-0.25, -0.2) is 0 Å². The highest BCUT2D eigenvalue weighted by Gasteiger charge is 2.20. The lowest BCUT2D eigenvalue weighted by Gasteiger charge is -2.18. The Morgan fingerprint density at radius 1 is 0.700 bits per heavy atom. The van der Waals surface area contributed by atoms with Crippen molar-refractivity contribution in [2.24, 2.45) is 0 Å². The Balaban J connectivity index is 2.30. The van der Waals surface area contributed by atoms with Crippen molar-refractivity contribution < 1.29 is 52.2 Å². The van der Waals surface area contributed by atoms with Crippen molar-refractivity contribution in [2.45, 2.75) is 11.7 Å². The third-order valence-corrected chi connectivity index (χ3v) is 6.27. The van der Waals surface area contributed by atoms with Gasteiger partial charge in [0.1, 0.15) is 23.0 Å². The average molecular weight is 581 g/mol. The third-order valence-electron chi connectivity index (χ3n) is 5.03. The largest absolute Gasteiger partial charge is 0.468 e. The van der Waals surface area contributed by atoms with Gasteiger partial charge in [-0.3, -0.25) is 9.59 Å². The highest BCUT2D eigenvalue weighted by atomic mass is 32.2. The first-order valence-electron chi connectivity index (χ1n) is 12.1. The predicted octanol–water partition coefficient (Wildman–Crippen LogP) is 4.24. The number of rotatable bonds is 20. The van der Waals surface area contributed by atoms with Crippen molar-refractivity contribution in [3.05, 3.63) is 53.6 Å². The van der Waals surface area contributed by atoms with Gasteiger partial charge in [0.2, 0.25) is 0 Å². The van der Waals surface area contributed by atoms with E-state index < -0.39 is 11.2 Å². The Kier molecular flexibility index (Phi) is 15.6. The number of hydrogen-bond donors (Lipinski definition) is 0. The average Bonchev–Trinajstić information content (AvgIpc) is 2.97. The van der Waals surface area contributed by atoms with Crippen LogP contribution in [0.2, 0.25) is 0 Å². The monoisotopic (exact) mass is 580 g/mol. The highest BCUT2D eigenvalue weighted by Crippen LogP contribution is 2.37. The van der Waals surface area contributed by atoms with Crippen molar-refractivity contribution in [3.8, 4) is 23.0 Å². The van der Waals surface area contributed by atoms with Crippen molar-refractivity contribution in [1.82, 2.24) is 0 Å². The molecule has 2 rings (SSSR count). The molecule has 11 nitrogen and oxygen atoms in total. The first kappa shape index (κ1) is 32.9. The van der Waals surface area contributed by atoms with E-state index in [4.69, 9.17) is 42.6 Å². The number of methoxy groups -OCH3 is 5. The second-order valence-electron chi connectivity index (χ2n) is 8.06. The molecule has 1 atom stereocenters. The molecule has 0 amide bonds. The fourth-order valence-electron chi connectivity index (χ4n) is 3.25. The van der Waals surface area contributed by atoms with Gasteiger partial charge in [-0.2, -0.15) is 0 Å². The Bertz CT molecular complexity index is 1040. The van der Waals surface area contributed by atoms with E-state index >= 15 is 0 Å². The zero-order valence-electron chi connectivity index (χ0n) is 23.3. The number of allylic oxidation sites excluding steroid dienone is 1. The molecule has 0 aromatic heterocycles. The second kappa shape index (κ2) is 18.9. The molecule has 0 aliphatic heterocycles. The first-order valence-corrected chi connectivity index (χ1v) is 13.1. The fraction of sp³-hybridized carbons (Fsp3) is 0.429. The number of carbonyl (C=O) groups excluding carboxylic acids is 2. The summed E-state index contributed by atoms with van der Waals surface area (Å²) in [6.07, 6.45) is 3.21. The van der Waals surface area contributed by atoms with Gasteiger partial charge in [-0.1, -0.05) is 6.08 Å². The molecular formula is C28H36O11S. The van der Waals surface area contributed by atoms with Gasteiger partial charge in [0, 0.05) is 52.2 Å². The predicted molar refractivity (Wildman–Crippen MR) is 149 cm³/mol. The number of benzene rings is 2. The van der Waals surface area contributed by atoms with Crippen molar-refractivity contribution in [3.63, 3.8) is 0 Å². The van der Waals surface area contributed by atoms with Crippen LogP contribution in [0.1, 0.15) is 22.8 Å². The van der Waals surface area contributed by atoms with Crippen LogP contribution in [0.15, 0.2) is 42.5 Å². The van der Waals surface area contributed by atoms with Gasteiger partial charge in [0.15, 0.2) is 33.0 Å². The van der Waals surface area contributed by atoms with Gasteiger partial charge in [0.05, 0.1) is 12.9 Å². The lowest BCUT2D eigenvalue weighted by Crippen LogP contribution is -2.09. The quantitative estimate of drug-likeness (QED) is 0.127. The lowest BCUT2D eigenvalue weighted by atomic mass is 10.0. The van der Waals surface area contributed by atoms with E-state index in [1.54, 1.807) is 42.5 Å². The second-order valence-corrected chi connectivity index (χ2v) is 9.25. The topological polar surface area (TPSA) is 117 Å². The molecule has 2 aromatic carbocycles. The minimum atomic E-state index is -0.413. The molecule has 0 bridgehead atoms. The van der Waals surface area contributed by atoms with E-state index in [-0.39, 0.29) is 45.1 Å². The maximum atomic E-state index is 13.1. The van der Waals surface area contributed by atoms with Gasteiger partial charge >= 0.3 is 5.97 Å². The van der Waals surface area contributed by atoms with Crippen LogP contribution < -0.4 is 18.9 Å². The molecule has 0 fully saturated rings. The minimum Gasteiger partial charge on any atom is -0.468 e. The maximum absolute atomic E-state index is 13.1. The van der Waals surface area contributed by atoms with Crippen molar-refractivity contribution >= 4 is 29.6 Å². The van der Waals surface area contributed by atoms with Crippen molar-refractivity contribution in [1.29, 1.82) is 0 Å². The lowest BCUT2D eigenvalue weighted by molar-refractivity contribution is -0.137. The van der Waals surface area contributed by atoms with Crippen LogP contribution in [0.25, 0.3) is 6.08 Å². The number of ether oxygens (including phenoxy) is 9. The van der Waals surface area contributed by atoms with Crippen LogP contribution in [0.4, 0.5) is 0 Å². The summed E-state index contributed by atoms with van der Waals surface area (Å²) in [5.41, 5.74) is 1.40.